The highest BCUT2D eigenvalue weighted by molar-refractivity contribution is 5.97. The zero-order valence-corrected chi connectivity index (χ0v) is 10.9. The van der Waals surface area contributed by atoms with Crippen molar-refractivity contribution in [3.05, 3.63) is 35.7 Å². The lowest BCUT2D eigenvalue weighted by molar-refractivity contribution is 0.0942. The fourth-order valence-corrected chi connectivity index (χ4v) is 1.80. The zero-order valence-electron chi connectivity index (χ0n) is 10.9. The van der Waals surface area contributed by atoms with Crippen molar-refractivity contribution in [2.75, 3.05) is 5.73 Å². The predicted octanol–water partition coefficient (Wildman–Crippen LogP) is 0.285. The smallest absolute Gasteiger partial charge is 0.272 e. The van der Waals surface area contributed by atoms with E-state index >= 15 is 0 Å². The van der Waals surface area contributed by atoms with Gasteiger partial charge in [0.15, 0.2) is 0 Å². The van der Waals surface area contributed by atoms with Gasteiger partial charge in [-0.15, -0.1) is 0 Å². The van der Waals surface area contributed by atoms with Crippen molar-refractivity contribution in [3.8, 4) is 0 Å². The van der Waals surface area contributed by atoms with Crippen molar-refractivity contribution in [1.29, 1.82) is 0 Å². The third kappa shape index (κ3) is 2.70. The van der Waals surface area contributed by atoms with Crippen molar-refractivity contribution >= 4 is 11.6 Å². The summed E-state index contributed by atoms with van der Waals surface area (Å²) in [7, 11) is 1.70. The first-order chi connectivity index (χ1) is 9.13. The van der Waals surface area contributed by atoms with Crippen molar-refractivity contribution < 1.29 is 4.79 Å². The van der Waals surface area contributed by atoms with Gasteiger partial charge in [0.05, 0.1) is 23.6 Å². The van der Waals surface area contributed by atoms with Gasteiger partial charge in [0.25, 0.3) is 5.91 Å². The first-order valence-electron chi connectivity index (χ1n) is 5.98. The Labute approximate surface area is 110 Å². The van der Waals surface area contributed by atoms with Gasteiger partial charge in [-0.05, 0) is 12.5 Å². The Morgan fingerprint density at radius 2 is 2.32 bits per heavy atom. The third-order valence-corrected chi connectivity index (χ3v) is 2.78. The summed E-state index contributed by atoms with van der Waals surface area (Å²) in [5.41, 5.74) is 8.20. The Morgan fingerprint density at radius 3 is 2.89 bits per heavy atom. The molecule has 2 aromatic rings. The SMILES string of the molecule is CCc1nn(C)c(C(=O)NCc2ccncn2)c1N. The molecule has 2 heterocycles. The average molecular weight is 260 g/mol. The lowest BCUT2D eigenvalue weighted by Gasteiger charge is -2.05. The molecule has 0 unspecified atom stereocenters. The zero-order chi connectivity index (χ0) is 13.8. The highest BCUT2D eigenvalue weighted by Gasteiger charge is 2.18. The summed E-state index contributed by atoms with van der Waals surface area (Å²) in [4.78, 5) is 19.9. The van der Waals surface area contributed by atoms with Gasteiger partial charge in [0.1, 0.15) is 12.0 Å². The third-order valence-electron chi connectivity index (χ3n) is 2.78. The number of amides is 1. The molecule has 0 radical (unpaired) electrons. The normalized spacial score (nSPS) is 10.4. The second-order valence-corrected chi connectivity index (χ2v) is 4.07. The van der Waals surface area contributed by atoms with E-state index in [1.165, 1.54) is 11.0 Å². The first-order valence-corrected chi connectivity index (χ1v) is 5.98. The number of carbonyl (C=O) groups excluding carboxylic acids is 1. The molecule has 0 aliphatic heterocycles. The van der Waals surface area contributed by atoms with Crippen LogP contribution < -0.4 is 11.1 Å². The van der Waals surface area contributed by atoms with Crippen molar-refractivity contribution in [1.82, 2.24) is 25.1 Å². The molecule has 2 aromatic heterocycles. The molecule has 2 rings (SSSR count). The van der Waals surface area contributed by atoms with E-state index in [0.29, 0.717) is 24.3 Å². The van der Waals surface area contributed by atoms with Crippen LogP contribution in [0.15, 0.2) is 18.6 Å². The fraction of sp³-hybridized carbons (Fsp3) is 0.333. The fourth-order valence-electron chi connectivity index (χ4n) is 1.80. The molecule has 3 N–H and O–H groups in total. The van der Waals surface area contributed by atoms with Gasteiger partial charge in [-0.3, -0.25) is 9.48 Å². The number of rotatable bonds is 4. The molecule has 1 amide bonds. The lowest BCUT2D eigenvalue weighted by atomic mass is 10.2. The molecule has 0 atom stereocenters. The molecule has 7 nitrogen and oxygen atoms in total. The molecule has 7 heteroatoms. The highest BCUT2D eigenvalue weighted by atomic mass is 16.2. The van der Waals surface area contributed by atoms with Crippen LogP contribution in [0, 0.1) is 0 Å². The molecule has 0 saturated heterocycles. The van der Waals surface area contributed by atoms with Gasteiger partial charge in [0, 0.05) is 13.2 Å². The number of nitrogen functional groups attached to an aromatic ring is 1. The molecule has 0 aromatic carbocycles. The Bertz CT molecular complexity index is 577. The summed E-state index contributed by atoms with van der Waals surface area (Å²) in [5.74, 6) is -0.259. The number of aryl methyl sites for hydroxylation is 2. The summed E-state index contributed by atoms with van der Waals surface area (Å²) < 4.78 is 1.50. The summed E-state index contributed by atoms with van der Waals surface area (Å²) in [6, 6.07) is 1.74. The van der Waals surface area contributed by atoms with Crippen LogP contribution in [0.3, 0.4) is 0 Å². The number of anilines is 1. The van der Waals surface area contributed by atoms with Crippen LogP contribution in [0.2, 0.25) is 0 Å². The van der Waals surface area contributed by atoms with Crippen LogP contribution in [0.4, 0.5) is 5.69 Å². The van der Waals surface area contributed by atoms with E-state index in [0.717, 1.165) is 11.4 Å². The molecule has 19 heavy (non-hydrogen) atoms. The first kappa shape index (κ1) is 13.0. The van der Waals surface area contributed by atoms with E-state index in [1.54, 1.807) is 19.3 Å². The quantitative estimate of drug-likeness (QED) is 0.823. The number of nitrogens with one attached hydrogen (secondary N) is 1. The lowest BCUT2D eigenvalue weighted by Crippen LogP contribution is -2.26. The molecule has 0 aliphatic carbocycles. The van der Waals surface area contributed by atoms with E-state index in [2.05, 4.69) is 20.4 Å². The molecular weight excluding hydrogens is 244 g/mol. The standard InChI is InChI=1S/C12H16N6O/c1-3-9-10(13)11(18(2)17-9)12(19)15-6-8-4-5-14-7-16-8/h4-5,7H,3,6,13H2,1-2H3,(H,15,19). The van der Waals surface area contributed by atoms with Crippen LogP contribution in [0.1, 0.15) is 28.8 Å². The van der Waals surface area contributed by atoms with Crippen molar-refractivity contribution in [2.45, 2.75) is 19.9 Å². The Balaban J connectivity index is 2.10. The second-order valence-electron chi connectivity index (χ2n) is 4.07. The monoisotopic (exact) mass is 260 g/mol. The Morgan fingerprint density at radius 1 is 1.53 bits per heavy atom. The Hall–Kier alpha value is -2.44. The number of hydrogen-bond donors (Lipinski definition) is 2. The number of hydrogen-bond acceptors (Lipinski definition) is 5. The van der Waals surface area contributed by atoms with E-state index in [9.17, 15) is 4.79 Å². The molecule has 0 fully saturated rings. The van der Waals surface area contributed by atoms with Crippen LogP contribution in [-0.2, 0) is 20.0 Å². The van der Waals surface area contributed by atoms with Gasteiger partial charge in [-0.1, -0.05) is 6.92 Å². The maximum atomic E-state index is 12.1. The second kappa shape index (κ2) is 5.47. The van der Waals surface area contributed by atoms with Gasteiger partial charge in [-0.25, -0.2) is 9.97 Å². The summed E-state index contributed by atoms with van der Waals surface area (Å²) >= 11 is 0. The van der Waals surface area contributed by atoms with E-state index < -0.39 is 0 Å². The minimum atomic E-state index is -0.259. The van der Waals surface area contributed by atoms with Gasteiger partial charge >= 0.3 is 0 Å². The molecular formula is C12H16N6O. The number of nitrogens with zero attached hydrogens (tertiary/aromatic N) is 4. The summed E-state index contributed by atoms with van der Waals surface area (Å²) in [6.07, 6.45) is 3.76. The summed E-state index contributed by atoms with van der Waals surface area (Å²) in [5, 5.41) is 6.97. The molecule has 0 saturated carbocycles. The van der Waals surface area contributed by atoms with E-state index in [1.807, 2.05) is 6.92 Å². The predicted molar refractivity (Wildman–Crippen MR) is 70.2 cm³/mol. The maximum Gasteiger partial charge on any atom is 0.272 e. The maximum absolute atomic E-state index is 12.1. The van der Waals surface area contributed by atoms with Gasteiger partial charge in [-0.2, -0.15) is 5.10 Å². The van der Waals surface area contributed by atoms with Crippen LogP contribution >= 0.6 is 0 Å². The molecule has 100 valence electrons. The van der Waals surface area contributed by atoms with Crippen molar-refractivity contribution in [3.63, 3.8) is 0 Å². The largest absolute Gasteiger partial charge is 0.395 e. The van der Waals surface area contributed by atoms with Gasteiger partial charge < -0.3 is 11.1 Å². The highest BCUT2D eigenvalue weighted by Crippen LogP contribution is 2.16. The van der Waals surface area contributed by atoms with Crippen molar-refractivity contribution in [2.24, 2.45) is 7.05 Å². The van der Waals surface area contributed by atoms with E-state index in [-0.39, 0.29) is 5.91 Å². The Kier molecular flexibility index (Phi) is 3.74. The van der Waals surface area contributed by atoms with Crippen LogP contribution in [-0.4, -0.2) is 25.7 Å². The molecule has 0 spiro atoms. The summed E-state index contributed by atoms with van der Waals surface area (Å²) in [6.45, 7) is 2.27. The number of aromatic nitrogens is 4. The van der Waals surface area contributed by atoms with Gasteiger partial charge in [0.2, 0.25) is 0 Å². The average Bonchev–Trinajstić information content (AvgIpc) is 2.72. The van der Waals surface area contributed by atoms with E-state index in [4.69, 9.17) is 5.73 Å². The van der Waals surface area contributed by atoms with Crippen LogP contribution in [0.25, 0.3) is 0 Å². The topological polar surface area (TPSA) is 98.7 Å². The molecule has 0 bridgehead atoms. The number of nitrogens with two attached hydrogens (primary N) is 1. The van der Waals surface area contributed by atoms with Crippen LogP contribution in [0.5, 0.6) is 0 Å². The minimum absolute atomic E-state index is 0.259. The number of carbonyl (C=O) groups is 1. The minimum Gasteiger partial charge on any atom is -0.395 e. The molecule has 0 aliphatic rings.